The average molecular weight is 542 g/mol. The lowest BCUT2D eigenvalue weighted by Gasteiger charge is -2.12. The van der Waals surface area contributed by atoms with Gasteiger partial charge < -0.3 is 16.0 Å². The molecule has 1 aromatic carbocycles. The van der Waals surface area contributed by atoms with Crippen molar-refractivity contribution in [3.8, 4) is 0 Å². The minimum absolute atomic E-state index is 0. The van der Waals surface area contributed by atoms with Crippen LogP contribution in [0.4, 0.5) is 0 Å². The number of nitrogens with zero attached hydrogens (tertiary/aromatic N) is 2. The summed E-state index contributed by atoms with van der Waals surface area (Å²) in [5.41, 5.74) is 3.30. The van der Waals surface area contributed by atoms with Crippen molar-refractivity contribution in [1.82, 2.24) is 20.9 Å². The molecule has 0 aliphatic rings. The van der Waals surface area contributed by atoms with Crippen LogP contribution < -0.4 is 16.0 Å². The zero-order valence-corrected chi connectivity index (χ0v) is 19.7. The quantitative estimate of drug-likeness (QED) is 0.215. The predicted molar refractivity (Wildman–Crippen MR) is 124 cm³/mol. The number of guanidine groups is 1. The summed E-state index contributed by atoms with van der Waals surface area (Å²) in [5.74, 6) is 0.545. The van der Waals surface area contributed by atoms with Crippen LogP contribution in [0.2, 0.25) is 10.0 Å². The van der Waals surface area contributed by atoms with Crippen LogP contribution in [0.1, 0.15) is 27.9 Å². The summed E-state index contributed by atoms with van der Waals surface area (Å²) in [5, 5.41) is 10.4. The third-order valence-electron chi connectivity index (χ3n) is 3.42. The fraction of sp³-hybridized carbons (Fsp3) is 0.353. The highest BCUT2D eigenvalue weighted by Crippen LogP contribution is 2.21. The van der Waals surface area contributed by atoms with Crippen LogP contribution in [0.3, 0.4) is 0 Å². The molecule has 0 spiro atoms. The number of hydrogen-bond acceptors (Lipinski definition) is 4. The van der Waals surface area contributed by atoms with Gasteiger partial charge in [-0.05, 0) is 31.5 Å². The summed E-state index contributed by atoms with van der Waals surface area (Å²) >= 11 is 13.4. The fourth-order valence-electron chi connectivity index (χ4n) is 2.11. The Bertz CT molecular complexity index is 784. The van der Waals surface area contributed by atoms with E-state index < -0.39 is 0 Å². The third kappa shape index (κ3) is 7.81. The van der Waals surface area contributed by atoms with E-state index in [-0.39, 0.29) is 29.9 Å². The summed E-state index contributed by atoms with van der Waals surface area (Å²) in [4.78, 5) is 21.3. The Morgan fingerprint density at radius 3 is 2.59 bits per heavy atom. The Kier molecular flexibility index (Phi) is 11.0. The molecule has 0 saturated heterocycles. The van der Waals surface area contributed by atoms with Gasteiger partial charge >= 0.3 is 0 Å². The topological polar surface area (TPSA) is 78.4 Å². The lowest BCUT2D eigenvalue weighted by molar-refractivity contribution is 0.0957. The molecule has 2 aromatic rings. The highest BCUT2D eigenvalue weighted by Gasteiger charge is 2.10. The Hall–Kier alpha value is -1.10. The molecule has 0 fully saturated rings. The maximum absolute atomic E-state index is 12.0. The summed E-state index contributed by atoms with van der Waals surface area (Å²) in [7, 11) is 0. The molecular formula is C17H22Cl2IN5OS. The van der Waals surface area contributed by atoms with Gasteiger partial charge in [0.25, 0.3) is 5.91 Å². The lowest BCUT2D eigenvalue weighted by Crippen LogP contribution is -2.41. The van der Waals surface area contributed by atoms with Crippen LogP contribution in [-0.2, 0) is 6.54 Å². The van der Waals surface area contributed by atoms with Crippen molar-refractivity contribution in [3.63, 3.8) is 0 Å². The molecule has 6 nitrogen and oxygen atoms in total. The second kappa shape index (κ2) is 12.4. The first kappa shape index (κ1) is 23.9. The Morgan fingerprint density at radius 1 is 1.22 bits per heavy atom. The molecule has 0 aliphatic carbocycles. The zero-order chi connectivity index (χ0) is 18.9. The van der Waals surface area contributed by atoms with Crippen molar-refractivity contribution < 1.29 is 4.79 Å². The number of aliphatic imine (C=N–C) groups is 1. The van der Waals surface area contributed by atoms with Crippen molar-refractivity contribution in [2.24, 2.45) is 4.99 Å². The minimum atomic E-state index is -0.110. The van der Waals surface area contributed by atoms with Gasteiger partial charge in [-0.1, -0.05) is 29.3 Å². The van der Waals surface area contributed by atoms with Crippen molar-refractivity contribution >= 4 is 70.4 Å². The van der Waals surface area contributed by atoms with E-state index in [2.05, 4.69) is 25.9 Å². The van der Waals surface area contributed by atoms with E-state index in [1.165, 1.54) is 11.3 Å². The van der Waals surface area contributed by atoms with E-state index in [0.29, 0.717) is 40.5 Å². The standard InChI is InChI=1S/C17H21Cl2N5OS.HI/c1-3-20-17(23-9-12-4-5-13(18)8-14(12)19)22-7-6-21-16(25)15-11(2)24-10-26-15;/h4-5,8,10H,3,6-7,9H2,1-2H3,(H,21,25)(H2,20,22,23);1H. The zero-order valence-electron chi connectivity index (χ0n) is 15.0. The molecule has 0 unspecified atom stereocenters. The second-order valence-electron chi connectivity index (χ2n) is 5.38. The van der Waals surface area contributed by atoms with Crippen molar-refractivity contribution in [3.05, 3.63) is 49.9 Å². The first-order valence-corrected chi connectivity index (χ1v) is 9.79. The van der Waals surface area contributed by atoms with Gasteiger partial charge in [0.15, 0.2) is 5.96 Å². The molecule has 1 amide bonds. The first-order valence-electron chi connectivity index (χ1n) is 8.15. The number of halogens is 3. The van der Waals surface area contributed by atoms with Gasteiger partial charge in [0.2, 0.25) is 0 Å². The van der Waals surface area contributed by atoms with E-state index in [4.69, 9.17) is 23.2 Å². The van der Waals surface area contributed by atoms with Crippen LogP contribution in [0.15, 0.2) is 28.7 Å². The molecule has 0 aliphatic heterocycles. The van der Waals surface area contributed by atoms with Crippen LogP contribution in [0.25, 0.3) is 0 Å². The van der Waals surface area contributed by atoms with Gasteiger partial charge in [0, 0.05) is 29.7 Å². The van der Waals surface area contributed by atoms with Gasteiger partial charge in [-0.3, -0.25) is 4.79 Å². The molecular weight excluding hydrogens is 520 g/mol. The van der Waals surface area contributed by atoms with Crippen LogP contribution in [0.5, 0.6) is 0 Å². The lowest BCUT2D eigenvalue weighted by atomic mass is 10.2. The van der Waals surface area contributed by atoms with E-state index in [1.807, 2.05) is 19.9 Å². The summed E-state index contributed by atoms with van der Waals surface area (Å²) < 4.78 is 0. The Morgan fingerprint density at radius 2 is 1.96 bits per heavy atom. The number of hydrogen-bond donors (Lipinski definition) is 3. The summed E-state index contributed by atoms with van der Waals surface area (Å²) in [6.45, 7) is 5.98. The molecule has 0 bridgehead atoms. The largest absolute Gasteiger partial charge is 0.357 e. The highest BCUT2D eigenvalue weighted by molar-refractivity contribution is 14.0. The van der Waals surface area contributed by atoms with Gasteiger partial charge in [0.05, 0.1) is 17.7 Å². The highest BCUT2D eigenvalue weighted by atomic mass is 127. The molecule has 10 heteroatoms. The number of aryl methyl sites for hydroxylation is 1. The normalized spacial score (nSPS) is 10.9. The van der Waals surface area contributed by atoms with Gasteiger partial charge in [-0.15, -0.1) is 35.3 Å². The molecule has 0 radical (unpaired) electrons. The minimum Gasteiger partial charge on any atom is -0.357 e. The van der Waals surface area contributed by atoms with Crippen molar-refractivity contribution in [1.29, 1.82) is 0 Å². The molecule has 148 valence electrons. The average Bonchev–Trinajstić information content (AvgIpc) is 3.03. The van der Waals surface area contributed by atoms with Crippen LogP contribution in [-0.4, -0.2) is 36.5 Å². The number of nitrogens with one attached hydrogen (secondary N) is 3. The van der Waals surface area contributed by atoms with Gasteiger partial charge in [0.1, 0.15) is 4.88 Å². The molecule has 0 saturated carbocycles. The van der Waals surface area contributed by atoms with Gasteiger partial charge in [-0.2, -0.15) is 0 Å². The maximum Gasteiger partial charge on any atom is 0.263 e. The number of carbonyl (C=O) groups excluding carboxylic acids is 1. The van der Waals surface area contributed by atoms with Crippen LogP contribution in [0, 0.1) is 6.92 Å². The molecule has 1 aromatic heterocycles. The molecule has 3 N–H and O–H groups in total. The molecule has 27 heavy (non-hydrogen) atoms. The smallest absolute Gasteiger partial charge is 0.263 e. The molecule has 1 heterocycles. The van der Waals surface area contributed by atoms with Crippen molar-refractivity contribution in [2.75, 3.05) is 19.6 Å². The number of rotatable bonds is 7. The van der Waals surface area contributed by atoms with E-state index in [9.17, 15) is 4.79 Å². The van der Waals surface area contributed by atoms with E-state index in [0.717, 1.165) is 17.8 Å². The van der Waals surface area contributed by atoms with Crippen molar-refractivity contribution in [2.45, 2.75) is 20.4 Å². The summed E-state index contributed by atoms with van der Waals surface area (Å²) in [6.07, 6.45) is 0. The van der Waals surface area contributed by atoms with E-state index >= 15 is 0 Å². The summed E-state index contributed by atoms with van der Waals surface area (Å²) in [6, 6.07) is 5.34. The number of thiazole rings is 1. The number of carbonyl (C=O) groups is 1. The van der Waals surface area contributed by atoms with Crippen LogP contribution >= 0.6 is 58.5 Å². The number of aromatic nitrogens is 1. The maximum atomic E-state index is 12.0. The first-order chi connectivity index (χ1) is 12.5. The second-order valence-corrected chi connectivity index (χ2v) is 7.08. The molecule has 2 rings (SSSR count). The third-order valence-corrected chi connectivity index (χ3v) is 4.94. The van der Waals surface area contributed by atoms with E-state index in [1.54, 1.807) is 17.6 Å². The number of benzene rings is 1. The SMILES string of the molecule is CCNC(=NCc1ccc(Cl)cc1Cl)NCCNC(=O)c1scnc1C.I. The Labute approximate surface area is 190 Å². The fourth-order valence-corrected chi connectivity index (χ4v) is 3.30. The monoisotopic (exact) mass is 541 g/mol. The Balaban J connectivity index is 0.00000364. The predicted octanol–water partition coefficient (Wildman–Crippen LogP) is 3.86. The van der Waals surface area contributed by atoms with Gasteiger partial charge in [-0.25, -0.2) is 9.98 Å². The molecule has 0 atom stereocenters. The number of amides is 1.